The van der Waals surface area contributed by atoms with Crippen LogP contribution in [-0.4, -0.2) is 18.0 Å². The van der Waals surface area contributed by atoms with Crippen LogP contribution in [0.2, 0.25) is 0 Å². The van der Waals surface area contributed by atoms with Crippen molar-refractivity contribution in [3.05, 3.63) is 84.4 Å². The van der Waals surface area contributed by atoms with Gasteiger partial charge < -0.3 is 4.90 Å². The number of carbonyl (C=O) groups excluding carboxylic acids is 1. The molecule has 1 heterocycles. The molecule has 0 unspecified atom stereocenters. The monoisotopic (exact) mass is 346 g/mol. The Kier molecular flexibility index (Phi) is 4.20. The Bertz CT molecular complexity index is 865. The minimum absolute atomic E-state index is 0.0240. The molecule has 0 saturated heterocycles. The maximum atomic E-state index is 13.3. The third-order valence-electron chi connectivity index (χ3n) is 4.21. The highest BCUT2D eigenvalue weighted by Crippen LogP contribution is 2.48. The number of carbonyl (C=O) groups is 1. The number of nitrogens with zero attached hydrogens (tertiary/aromatic N) is 2. The number of fused-ring (bicyclic) bond motifs is 2. The van der Waals surface area contributed by atoms with Crippen LogP contribution in [0.5, 0.6) is 0 Å². The highest BCUT2D eigenvalue weighted by molar-refractivity contribution is 7.99. The molecule has 0 saturated carbocycles. The highest BCUT2D eigenvalue weighted by atomic mass is 32.2. The number of anilines is 2. The first-order valence-corrected chi connectivity index (χ1v) is 9.01. The number of para-hydroxylation sites is 2. The van der Waals surface area contributed by atoms with Gasteiger partial charge in [0.15, 0.2) is 0 Å². The lowest BCUT2D eigenvalue weighted by atomic mass is 10.2. The highest BCUT2D eigenvalue weighted by Gasteiger charge is 2.29. The van der Waals surface area contributed by atoms with E-state index >= 15 is 0 Å². The van der Waals surface area contributed by atoms with Crippen molar-refractivity contribution in [3.63, 3.8) is 0 Å². The van der Waals surface area contributed by atoms with Crippen LogP contribution in [0.1, 0.15) is 5.56 Å². The molecule has 0 fully saturated rings. The molecule has 0 aliphatic carbocycles. The Hall–Kier alpha value is -2.72. The Morgan fingerprint density at radius 2 is 1.36 bits per heavy atom. The molecule has 3 nitrogen and oxygen atoms in total. The molecule has 0 bridgehead atoms. The second-order valence-corrected chi connectivity index (χ2v) is 7.08. The van der Waals surface area contributed by atoms with Crippen LogP contribution < -0.4 is 4.90 Å². The molecule has 4 heteroatoms. The van der Waals surface area contributed by atoms with Crippen molar-refractivity contribution in [2.24, 2.45) is 0 Å². The van der Waals surface area contributed by atoms with Crippen molar-refractivity contribution in [1.29, 1.82) is 0 Å². The third kappa shape index (κ3) is 3.01. The van der Waals surface area contributed by atoms with Gasteiger partial charge in [-0.15, -0.1) is 0 Å². The SMILES string of the molecule is CN(Cc1ccccc1)C(=O)N1c2ccccc2Sc2ccccc21. The summed E-state index contributed by atoms with van der Waals surface area (Å²) in [6.07, 6.45) is 0. The lowest BCUT2D eigenvalue weighted by Gasteiger charge is -2.33. The molecule has 124 valence electrons. The van der Waals surface area contributed by atoms with Crippen molar-refractivity contribution in [2.75, 3.05) is 11.9 Å². The third-order valence-corrected chi connectivity index (χ3v) is 5.34. The number of urea groups is 1. The Morgan fingerprint density at radius 3 is 1.96 bits per heavy atom. The van der Waals surface area contributed by atoms with Gasteiger partial charge >= 0.3 is 6.03 Å². The van der Waals surface area contributed by atoms with Gasteiger partial charge in [-0.2, -0.15) is 0 Å². The Morgan fingerprint density at radius 1 is 0.840 bits per heavy atom. The van der Waals surface area contributed by atoms with Gasteiger partial charge in [-0.05, 0) is 29.8 Å². The van der Waals surface area contributed by atoms with Gasteiger partial charge in [-0.3, -0.25) is 4.90 Å². The number of rotatable bonds is 2. The van der Waals surface area contributed by atoms with Crippen LogP contribution in [0, 0.1) is 0 Å². The van der Waals surface area contributed by atoms with Gasteiger partial charge in [0.25, 0.3) is 0 Å². The summed E-state index contributed by atoms with van der Waals surface area (Å²) in [7, 11) is 1.85. The molecule has 0 radical (unpaired) electrons. The van der Waals surface area contributed by atoms with E-state index < -0.39 is 0 Å². The number of hydrogen-bond donors (Lipinski definition) is 0. The van der Waals surface area contributed by atoms with Gasteiger partial charge in [-0.1, -0.05) is 66.4 Å². The van der Waals surface area contributed by atoms with Gasteiger partial charge in [-0.25, -0.2) is 4.79 Å². The van der Waals surface area contributed by atoms with Crippen molar-refractivity contribution in [3.8, 4) is 0 Å². The molecule has 0 spiro atoms. The second kappa shape index (κ2) is 6.65. The van der Waals surface area contributed by atoms with Crippen LogP contribution in [0.4, 0.5) is 16.2 Å². The van der Waals surface area contributed by atoms with Crippen LogP contribution in [-0.2, 0) is 6.54 Å². The fourth-order valence-corrected chi connectivity index (χ4v) is 4.06. The van der Waals surface area contributed by atoms with Crippen molar-refractivity contribution >= 4 is 29.2 Å². The summed E-state index contributed by atoms with van der Waals surface area (Å²) < 4.78 is 0. The zero-order chi connectivity index (χ0) is 17.2. The standard InChI is InChI=1S/C21H18N2OS/c1-22(15-16-9-3-2-4-10-16)21(24)23-17-11-5-7-13-19(17)25-20-14-8-6-12-18(20)23/h2-14H,15H2,1H3. The normalized spacial score (nSPS) is 12.3. The lowest BCUT2D eigenvalue weighted by molar-refractivity contribution is 0.216. The van der Waals surface area contributed by atoms with Gasteiger partial charge in [0.2, 0.25) is 0 Å². The van der Waals surface area contributed by atoms with E-state index in [0.29, 0.717) is 6.54 Å². The van der Waals surface area contributed by atoms with E-state index in [1.54, 1.807) is 16.7 Å². The van der Waals surface area contributed by atoms with Gasteiger partial charge in [0.1, 0.15) is 0 Å². The smallest absolute Gasteiger partial charge is 0.323 e. The molecular formula is C21H18N2OS. The molecule has 1 aliphatic heterocycles. The van der Waals surface area contributed by atoms with E-state index in [2.05, 4.69) is 12.1 Å². The molecule has 3 aromatic rings. The Balaban J connectivity index is 1.70. The number of amides is 2. The van der Waals surface area contributed by atoms with Crippen LogP contribution in [0.15, 0.2) is 88.7 Å². The maximum Gasteiger partial charge on any atom is 0.329 e. The first-order valence-electron chi connectivity index (χ1n) is 8.19. The summed E-state index contributed by atoms with van der Waals surface area (Å²) in [5.41, 5.74) is 3.00. The van der Waals surface area contributed by atoms with E-state index in [1.165, 1.54) is 0 Å². The molecule has 0 N–H and O–H groups in total. The zero-order valence-corrected chi connectivity index (χ0v) is 14.7. The first kappa shape index (κ1) is 15.8. The molecule has 1 aliphatic rings. The average Bonchev–Trinajstić information content (AvgIpc) is 2.66. The summed E-state index contributed by atoms with van der Waals surface area (Å²) in [6, 6.07) is 26.1. The van der Waals surface area contributed by atoms with Crippen molar-refractivity contribution < 1.29 is 4.79 Å². The molecule has 0 atom stereocenters. The van der Waals surface area contributed by atoms with Crippen molar-refractivity contribution in [2.45, 2.75) is 16.3 Å². The quantitative estimate of drug-likeness (QED) is 0.608. The fraction of sp³-hybridized carbons (Fsp3) is 0.0952. The largest absolute Gasteiger partial charge is 0.329 e. The predicted octanol–water partition coefficient (Wildman–Crippen LogP) is 5.54. The van der Waals surface area contributed by atoms with E-state index in [4.69, 9.17) is 0 Å². The van der Waals surface area contributed by atoms with Crippen LogP contribution >= 0.6 is 11.8 Å². The zero-order valence-electron chi connectivity index (χ0n) is 13.9. The van der Waals surface area contributed by atoms with Crippen molar-refractivity contribution in [1.82, 2.24) is 4.90 Å². The summed E-state index contributed by atoms with van der Waals surface area (Å²) in [5, 5.41) is 0. The predicted molar refractivity (Wildman–Crippen MR) is 102 cm³/mol. The lowest BCUT2D eigenvalue weighted by Crippen LogP contribution is -2.39. The van der Waals surface area contributed by atoms with Gasteiger partial charge in [0, 0.05) is 23.4 Å². The molecule has 3 aromatic carbocycles. The van der Waals surface area contributed by atoms with E-state index in [0.717, 1.165) is 26.7 Å². The molecular weight excluding hydrogens is 328 g/mol. The topological polar surface area (TPSA) is 23.6 Å². The van der Waals surface area contributed by atoms with E-state index in [1.807, 2.05) is 78.7 Å². The number of hydrogen-bond acceptors (Lipinski definition) is 2. The van der Waals surface area contributed by atoms with Crippen LogP contribution in [0.3, 0.4) is 0 Å². The minimum atomic E-state index is -0.0240. The van der Waals surface area contributed by atoms with Crippen LogP contribution in [0.25, 0.3) is 0 Å². The second-order valence-electron chi connectivity index (χ2n) is 6.00. The Labute approximate surface area is 151 Å². The summed E-state index contributed by atoms with van der Waals surface area (Å²) in [4.78, 5) is 19.1. The first-order chi connectivity index (χ1) is 12.2. The van der Waals surface area contributed by atoms with E-state index in [9.17, 15) is 4.79 Å². The molecule has 2 amide bonds. The fourth-order valence-electron chi connectivity index (χ4n) is 3.01. The molecule has 25 heavy (non-hydrogen) atoms. The average molecular weight is 346 g/mol. The minimum Gasteiger partial charge on any atom is -0.323 e. The number of benzene rings is 3. The van der Waals surface area contributed by atoms with E-state index in [-0.39, 0.29) is 6.03 Å². The molecule has 4 rings (SSSR count). The summed E-state index contributed by atoms with van der Waals surface area (Å²) in [6.45, 7) is 0.577. The summed E-state index contributed by atoms with van der Waals surface area (Å²) in [5.74, 6) is 0. The van der Waals surface area contributed by atoms with Gasteiger partial charge in [0.05, 0.1) is 11.4 Å². The molecule has 0 aromatic heterocycles. The summed E-state index contributed by atoms with van der Waals surface area (Å²) >= 11 is 1.71. The maximum absolute atomic E-state index is 13.3.